The second kappa shape index (κ2) is 9.38. The van der Waals surface area contributed by atoms with Crippen LogP contribution in [0, 0.1) is 20.8 Å². The third kappa shape index (κ3) is 5.26. The summed E-state index contributed by atoms with van der Waals surface area (Å²) in [6.07, 6.45) is 1.31. The molecule has 1 aliphatic rings. The molecule has 0 aliphatic carbocycles. The molecule has 31 heavy (non-hydrogen) atoms. The summed E-state index contributed by atoms with van der Waals surface area (Å²) in [7, 11) is -3.72. The highest BCUT2D eigenvalue weighted by Gasteiger charge is 2.37. The number of sulfonamides is 1. The molecule has 0 spiro atoms. The van der Waals surface area contributed by atoms with Crippen LogP contribution in [0.5, 0.6) is 0 Å². The fourth-order valence-corrected chi connectivity index (χ4v) is 6.27. The maximum atomic E-state index is 13.4. The molecule has 2 aromatic rings. The molecule has 9 heteroatoms. The number of carbonyl (C=O) groups excluding carboxylic acids is 2. The first-order valence-electron chi connectivity index (χ1n) is 10.0. The SMILES string of the molecule is Cc1cc(C)c(S(=O)(=O)N2CCCC2CNC(=O)C(=O)Nc2ccc(Cl)cc2)c(C)c1. The van der Waals surface area contributed by atoms with Crippen LogP contribution in [0.3, 0.4) is 0 Å². The first-order valence-corrected chi connectivity index (χ1v) is 11.9. The van der Waals surface area contributed by atoms with E-state index in [2.05, 4.69) is 10.6 Å². The van der Waals surface area contributed by atoms with Crippen LogP contribution in [0.4, 0.5) is 5.69 Å². The highest BCUT2D eigenvalue weighted by Crippen LogP contribution is 2.30. The van der Waals surface area contributed by atoms with E-state index in [0.29, 0.717) is 46.1 Å². The lowest BCUT2D eigenvalue weighted by Gasteiger charge is -2.26. The Morgan fingerprint density at radius 1 is 1.06 bits per heavy atom. The van der Waals surface area contributed by atoms with Gasteiger partial charge in [-0.15, -0.1) is 0 Å². The fraction of sp³-hybridized carbons (Fsp3) is 0.364. The van der Waals surface area contributed by atoms with Gasteiger partial charge in [0.1, 0.15) is 0 Å². The van der Waals surface area contributed by atoms with Crippen molar-refractivity contribution < 1.29 is 18.0 Å². The number of aryl methyl sites for hydroxylation is 3. The Balaban J connectivity index is 1.67. The summed E-state index contributed by atoms with van der Waals surface area (Å²) in [5, 5.41) is 5.57. The minimum Gasteiger partial charge on any atom is -0.346 e. The standard InChI is InChI=1S/C22H26ClN3O4S/c1-14-11-15(2)20(16(3)12-14)31(29,30)26-10-4-5-19(26)13-24-21(27)22(28)25-18-8-6-17(23)7-9-18/h6-9,11-12,19H,4-5,10,13H2,1-3H3,(H,24,27)(H,25,28). The van der Waals surface area contributed by atoms with Gasteiger partial charge in [-0.2, -0.15) is 4.31 Å². The Morgan fingerprint density at radius 3 is 2.29 bits per heavy atom. The predicted octanol–water partition coefficient (Wildman–Crippen LogP) is 3.17. The first kappa shape index (κ1) is 23.2. The first-order chi connectivity index (χ1) is 14.6. The molecule has 166 valence electrons. The number of hydrogen-bond acceptors (Lipinski definition) is 4. The molecule has 1 heterocycles. The van der Waals surface area contributed by atoms with Crippen molar-refractivity contribution >= 4 is 39.1 Å². The van der Waals surface area contributed by atoms with Gasteiger partial charge in [-0.25, -0.2) is 8.42 Å². The zero-order valence-electron chi connectivity index (χ0n) is 17.7. The molecule has 1 unspecified atom stereocenters. The van der Waals surface area contributed by atoms with Crippen molar-refractivity contribution in [2.75, 3.05) is 18.4 Å². The van der Waals surface area contributed by atoms with Gasteiger partial charge in [0.2, 0.25) is 10.0 Å². The van der Waals surface area contributed by atoms with Crippen LogP contribution in [-0.4, -0.2) is 43.7 Å². The van der Waals surface area contributed by atoms with Gasteiger partial charge in [0.15, 0.2) is 0 Å². The van der Waals surface area contributed by atoms with Crippen molar-refractivity contribution in [2.45, 2.75) is 44.6 Å². The van der Waals surface area contributed by atoms with Gasteiger partial charge in [0, 0.05) is 29.8 Å². The van der Waals surface area contributed by atoms with E-state index in [1.807, 2.05) is 19.1 Å². The molecule has 3 rings (SSSR count). The summed E-state index contributed by atoms with van der Waals surface area (Å²) >= 11 is 5.81. The summed E-state index contributed by atoms with van der Waals surface area (Å²) in [6, 6.07) is 9.69. The Labute approximate surface area is 187 Å². The maximum absolute atomic E-state index is 13.4. The van der Waals surface area contributed by atoms with E-state index < -0.39 is 27.9 Å². The average Bonchev–Trinajstić information content (AvgIpc) is 3.16. The second-order valence-corrected chi connectivity index (χ2v) is 10.1. The molecule has 2 N–H and O–H groups in total. The number of rotatable bonds is 5. The number of amides is 2. The highest BCUT2D eigenvalue weighted by molar-refractivity contribution is 7.89. The molecule has 1 saturated heterocycles. The number of benzene rings is 2. The lowest BCUT2D eigenvalue weighted by Crippen LogP contribution is -2.45. The molecule has 7 nitrogen and oxygen atoms in total. The van der Waals surface area contributed by atoms with Crippen molar-refractivity contribution in [3.8, 4) is 0 Å². The monoisotopic (exact) mass is 463 g/mol. The molecular formula is C22H26ClN3O4S. The minimum atomic E-state index is -3.72. The normalized spacial score (nSPS) is 16.8. The van der Waals surface area contributed by atoms with Gasteiger partial charge in [-0.1, -0.05) is 29.3 Å². The molecule has 2 amide bonds. The molecule has 2 aromatic carbocycles. The minimum absolute atomic E-state index is 0.0655. The maximum Gasteiger partial charge on any atom is 0.313 e. The lowest BCUT2D eigenvalue weighted by molar-refractivity contribution is -0.136. The van der Waals surface area contributed by atoms with E-state index in [9.17, 15) is 18.0 Å². The average molecular weight is 464 g/mol. The summed E-state index contributed by atoms with van der Waals surface area (Å²) in [5.41, 5.74) is 2.86. The third-order valence-corrected chi connectivity index (χ3v) is 7.81. The molecule has 1 fully saturated rings. The smallest absolute Gasteiger partial charge is 0.313 e. The molecule has 1 atom stereocenters. The van der Waals surface area contributed by atoms with Crippen LogP contribution in [0.25, 0.3) is 0 Å². The van der Waals surface area contributed by atoms with Crippen molar-refractivity contribution in [1.29, 1.82) is 0 Å². The molecule has 0 saturated carbocycles. The lowest BCUT2D eigenvalue weighted by atomic mass is 10.1. The van der Waals surface area contributed by atoms with Gasteiger partial charge in [0.25, 0.3) is 0 Å². The van der Waals surface area contributed by atoms with Crippen LogP contribution < -0.4 is 10.6 Å². The Morgan fingerprint density at radius 2 is 1.68 bits per heavy atom. The summed E-state index contributed by atoms with van der Waals surface area (Å²) in [4.78, 5) is 24.7. The van der Waals surface area contributed by atoms with Crippen LogP contribution in [0.1, 0.15) is 29.5 Å². The summed E-state index contributed by atoms with van der Waals surface area (Å²) < 4.78 is 28.2. The van der Waals surface area contributed by atoms with E-state index in [-0.39, 0.29) is 6.54 Å². The van der Waals surface area contributed by atoms with Crippen molar-refractivity contribution in [3.63, 3.8) is 0 Å². The van der Waals surface area contributed by atoms with Crippen LogP contribution in [-0.2, 0) is 19.6 Å². The van der Waals surface area contributed by atoms with E-state index >= 15 is 0 Å². The molecule has 1 aliphatic heterocycles. The molecule has 0 aromatic heterocycles. The van der Waals surface area contributed by atoms with Crippen LogP contribution in [0.15, 0.2) is 41.3 Å². The Kier molecular flexibility index (Phi) is 7.03. The number of anilines is 1. The molecule has 0 bridgehead atoms. The molecular weight excluding hydrogens is 438 g/mol. The number of carbonyl (C=O) groups is 2. The van der Waals surface area contributed by atoms with Crippen LogP contribution in [0.2, 0.25) is 5.02 Å². The van der Waals surface area contributed by atoms with Gasteiger partial charge in [-0.05, 0) is 69.0 Å². The number of nitrogens with zero attached hydrogens (tertiary/aromatic N) is 1. The van der Waals surface area contributed by atoms with E-state index in [4.69, 9.17) is 11.6 Å². The summed E-state index contributed by atoms with van der Waals surface area (Å²) in [6.45, 7) is 5.96. The largest absolute Gasteiger partial charge is 0.346 e. The fourth-order valence-electron chi connectivity index (χ4n) is 4.03. The van der Waals surface area contributed by atoms with Crippen molar-refractivity contribution in [2.24, 2.45) is 0 Å². The van der Waals surface area contributed by atoms with E-state index in [1.165, 1.54) is 4.31 Å². The number of nitrogens with one attached hydrogen (secondary N) is 2. The predicted molar refractivity (Wildman–Crippen MR) is 121 cm³/mol. The van der Waals surface area contributed by atoms with E-state index in [1.54, 1.807) is 38.1 Å². The van der Waals surface area contributed by atoms with Gasteiger partial charge in [-0.3, -0.25) is 9.59 Å². The Bertz CT molecular complexity index is 1080. The van der Waals surface area contributed by atoms with Crippen LogP contribution >= 0.6 is 11.6 Å². The zero-order chi connectivity index (χ0) is 22.8. The molecule has 0 radical (unpaired) electrons. The highest BCUT2D eigenvalue weighted by atomic mass is 35.5. The van der Waals surface area contributed by atoms with Gasteiger partial charge >= 0.3 is 11.8 Å². The van der Waals surface area contributed by atoms with Gasteiger partial charge < -0.3 is 10.6 Å². The van der Waals surface area contributed by atoms with E-state index in [0.717, 1.165) is 5.56 Å². The topological polar surface area (TPSA) is 95.6 Å². The summed E-state index contributed by atoms with van der Waals surface area (Å²) in [5.74, 6) is -1.64. The number of hydrogen-bond donors (Lipinski definition) is 2. The quantitative estimate of drug-likeness (QED) is 0.666. The van der Waals surface area contributed by atoms with Crippen molar-refractivity contribution in [3.05, 3.63) is 58.1 Å². The third-order valence-electron chi connectivity index (χ3n) is 5.30. The Hall–Kier alpha value is -2.42. The zero-order valence-corrected chi connectivity index (χ0v) is 19.3. The second-order valence-electron chi connectivity index (χ2n) is 7.81. The number of halogens is 1. The van der Waals surface area contributed by atoms with Gasteiger partial charge in [0.05, 0.1) is 4.90 Å². The van der Waals surface area contributed by atoms with Crippen molar-refractivity contribution in [1.82, 2.24) is 9.62 Å².